The highest BCUT2D eigenvalue weighted by atomic mass is 15.7. The number of aromatic nitrogens is 6. The molecule has 17 heavy (non-hydrogen) atoms. The Morgan fingerprint density at radius 2 is 1.71 bits per heavy atom. The van der Waals surface area contributed by atoms with Crippen LogP contribution in [0.3, 0.4) is 0 Å². The first-order valence-corrected chi connectivity index (χ1v) is 5.56. The van der Waals surface area contributed by atoms with Crippen LogP contribution in [0, 0.1) is 0 Å². The van der Waals surface area contributed by atoms with Crippen LogP contribution in [0.1, 0.15) is 6.92 Å². The van der Waals surface area contributed by atoms with Crippen molar-refractivity contribution in [3.8, 4) is 0 Å². The predicted octanol–water partition coefficient (Wildman–Crippen LogP) is -1.15. The Morgan fingerprint density at radius 1 is 1.00 bits per heavy atom. The maximum atomic E-state index is 4.16. The van der Waals surface area contributed by atoms with Crippen LogP contribution in [0.5, 0.6) is 0 Å². The average Bonchev–Trinajstić information content (AvgIpc) is 3.02. The normalized spacial score (nSPS) is 20.9. The van der Waals surface area contributed by atoms with Gasteiger partial charge in [-0.2, -0.15) is 9.58 Å². The second kappa shape index (κ2) is 4.04. The number of nitrogens with zero attached hydrogens (tertiary/aromatic N) is 8. The van der Waals surface area contributed by atoms with E-state index in [4.69, 9.17) is 0 Å². The van der Waals surface area contributed by atoms with Crippen LogP contribution in [-0.4, -0.2) is 55.4 Å². The van der Waals surface area contributed by atoms with E-state index in [1.807, 2.05) is 0 Å². The third-order valence-electron chi connectivity index (χ3n) is 2.94. The van der Waals surface area contributed by atoms with E-state index in [2.05, 4.69) is 37.1 Å². The Balaban J connectivity index is 1.72. The van der Waals surface area contributed by atoms with Crippen LogP contribution in [-0.2, 0) is 0 Å². The molecular weight excluding hydrogens is 220 g/mol. The van der Waals surface area contributed by atoms with Gasteiger partial charge in [-0.25, -0.2) is 9.97 Å². The van der Waals surface area contributed by atoms with E-state index in [9.17, 15) is 0 Å². The Labute approximate surface area is 98.4 Å². The second-order valence-corrected chi connectivity index (χ2v) is 4.06. The third kappa shape index (κ3) is 1.81. The summed E-state index contributed by atoms with van der Waals surface area (Å²) in [5.41, 5.74) is 0. The molecule has 2 aromatic rings. The van der Waals surface area contributed by atoms with Crippen LogP contribution in [0.25, 0.3) is 0 Å². The summed E-state index contributed by atoms with van der Waals surface area (Å²) >= 11 is 0. The van der Waals surface area contributed by atoms with E-state index >= 15 is 0 Å². The van der Waals surface area contributed by atoms with Crippen molar-refractivity contribution in [2.75, 3.05) is 29.7 Å². The van der Waals surface area contributed by atoms with Crippen LogP contribution in [0.2, 0.25) is 0 Å². The molecule has 1 aliphatic heterocycles. The van der Waals surface area contributed by atoms with Gasteiger partial charge in [0.15, 0.2) is 0 Å². The molecule has 0 amide bonds. The highest BCUT2D eigenvalue weighted by molar-refractivity contribution is 5.04. The molecule has 0 bridgehead atoms. The topological polar surface area (TPSA) is 67.9 Å². The monoisotopic (exact) mass is 234 g/mol. The third-order valence-corrected chi connectivity index (χ3v) is 2.94. The summed E-state index contributed by atoms with van der Waals surface area (Å²) in [4.78, 5) is 11.5. The number of hydrogen-bond donors (Lipinski definition) is 0. The molecule has 1 saturated heterocycles. The van der Waals surface area contributed by atoms with E-state index in [0.717, 1.165) is 19.6 Å². The van der Waals surface area contributed by atoms with Gasteiger partial charge >= 0.3 is 0 Å². The van der Waals surface area contributed by atoms with E-state index in [-0.39, 0.29) is 0 Å². The lowest BCUT2D eigenvalue weighted by molar-refractivity contribution is 0.366. The van der Waals surface area contributed by atoms with Gasteiger partial charge in [-0.1, -0.05) is 0 Å². The van der Waals surface area contributed by atoms with E-state index < -0.39 is 0 Å². The Bertz CT molecular complexity index is 449. The smallest absolute Gasteiger partial charge is 0.139 e. The minimum Gasteiger partial charge on any atom is -0.292 e. The van der Waals surface area contributed by atoms with E-state index in [1.54, 1.807) is 34.9 Å². The standard InChI is InChI=1S/C9H14N8/c1-9-4-14(16-7-10-5-12-16)2-3-15(9)17-8-11-6-13-17/h5-9H,2-4H2,1H3. The fraction of sp³-hybridized carbons (Fsp3) is 0.556. The van der Waals surface area contributed by atoms with Crippen LogP contribution >= 0.6 is 0 Å². The zero-order valence-corrected chi connectivity index (χ0v) is 9.59. The van der Waals surface area contributed by atoms with Crippen LogP contribution in [0.15, 0.2) is 25.3 Å². The van der Waals surface area contributed by atoms with Gasteiger partial charge in [0.2, 0.25) is 0 Å². The molecule has 90 valence electrons. The fourth-order valence-corrected chi connectivity index (χ4v) is 2.10. The molecule has 0 radical (unpaired) electrons. The van der Waals surface area contributed by atoms with Crippen molar-refractivity contribution in [3.63, 3.8) is 0 Å². The molecule has 0 aromatic carbocycles. The van der Waals surface area contributed by atoms with Crippen LogP contribution < -0.4 is 10.0 Å². The lowest BCUT2D eigenvalue weighted by Gasteiger charge is -2.40. The van der Waals surface area contributed by atoms with E-state index in [1.165, 1.54) is 0 Å². The van der Waals surface area contributed by atoms with Gasteiger partial charge in [-0.3, -0.25) is 10.0 Å². The molecule has 0 saturated carbocycles. The van der Waals surface area contributed by atoms with Gasteiger partial charge in [0.05, 0.1) is 25.7 Å². The summed E-state index contributed by atoms with van der Waals surface area (Å²) in [6.07, 6.45) is 6.55. The fourth-order valence-electron chi connectivity index (χ4n) is 2.10. The van der Waals surface area contributed by atoms with Crippen molar-refractivity contribution in [3.05, 3.63) is 25.3 Å². The lowest BCUT2D eigenvalue weighted by Crippen LogP contribution is -2.59. The molecule has 8 nitrogen and oxygen atoms in total. The van der Waals surface area contributed by atoms with E-state index in [0.29, 0.717) is 6.04 Å². The molecule has 8 heteroatoms. The zero-order chi connectivity index (χ0) is 11.7. The molecule has 0 N–H and O–H groups in total. The number of piperazine rings is 1. The highest BCUT2D eigenvalue weighted by Crippen LogP contribution is 2.06. The van der Waals surface area contributed by atoms with Crippen molar-refractivity contribution in [2.24, 2.45) is 0 Å². The first-order chi connectivity index (χ1) is 8.34. The second-order valence-electron chi connectivity index (χ2n) is 4.06. The summed E-state index contributed by atoms with van der Waals surface area (Å²) in [6.45, 7) is 4.80. The van der Waals surface area contributed by atoms with Gasteiger partial charge in [-0.05, 0) is 6.92 Å². The molecular formula is C9H14N8. The maximum Gasteiger partial charge on any atom is 0.139 e. The van der Waals surface area contributed by atoms with Crippen molar-refractivity contribution in [1.29, 1.82) is 0 Å². The summed E-state index contributed by atoms with van der Waals surface area (Å²) in [6, 6.07) is 0.342. The molecule has 3 heterocycles. The lowest BCUT2D eigenvalue weighted by atomic mass is 10.2. The van der Waals surface area contributed by atoms with Gasteiger partial charge < -0.3 is 0 Å². The molecule has 0 spiro atoms. The Hall–Kier alpha value is -2.12. The van der Waals surface area contributed by atoms with Gasteiger partial charge in [0.1, 0.15) is 25.3 Å². The molecule has 1 unspecified atom stereocenters. The average molecular weight is 234 g/mol. The molecule has 0 aliphatic carbocycles. The minimum atomic E-state index is 0.342. The molecule has 1 atom stereocenters. The molecule has 1 fully saturated rings. The first kappa shape index (κ1) is 10.1. The van der Waals surface area contributed by atoms with Gasteiger partial charge in [0, 0.05) is 0 Å². The first-order valence-electron chi connectivity index (χ1n) is 5.56. The molecule has 3 rings (SSSR count). The SMILES string of the molecule is CC1CN(n2cncn2)CCN1n1cncn1. The summed E-state index contributed by atoms with van der Waals surface area (Å²) in [5.74, 6) is 0. The number of hydrogen-bond acceptors (Lipinski definition) is 6. The van der Waals surface area contributed by atoms with Crippen molar-refractivity contribution < 1.29 is 0 Å². The van der Waals surface area contributed by atoms with Gasteiger partial charge in [0.25, 0.3) is 0 Å². The van der Waals surface area contributed by atoms with Gasteiger partial charge in [-0.15, -0.1) is 10.2 Å². The summed E-state index contributed by atoms with van der Waals surface area (Å²) in [7, 11) is 0. The minimum absolute atomic E-state index is 0.342. The highest BCUT2D eigenvalue weighted by Gasteiger charge is 2.24. The zero-order valence-electron chi connectivity index (χ0n) is 9.59. The van der Waals surface area contributed by atoms with Crippen molar-refractivity contribution in [2.45, 2.75) is 13.0 Å². The Morgan fingerprint density at radius 3 is 2.29 bits per heavy atom. The molecule has 2 aromatic heterocycles. The summed E-state index contributed by atoms with van der Waals surface area (Å²) < 4.78 is 0. The van der Waals surface area contributed by atoms with Crippen molar-refractivity contribution in [1.82, 2.24) is 29.7 Å². The summed E-state index contributed by atoms with van der Waals surface area (Å²) in [5, 5.41) is 12.6. The van der Waals surface area contributed by atoms with Crippen LogP contribution in [0.4, 0.5) is 0 Å². The predicted molar refractivity (Wildman–Crippen MR) is 60.5 cm³/mol. The van der Waals surface area contributed by atoms with Crippen molar-refractivity contribution >= 4 is 0 Å². The quantitative estimate of drug-likeness (QED) is 0.653. The Kier molecular flexibility index (Phi) is 2.39. The largest absolute Gasteiger partial charge is 0.292 e. The molecule has 1 aliphatic rings. The number of rotatable bonds is 2. The maximum absolute atomic E-state index is 4.16.